The van der Waals surface area contributed by atoms with Crippen molar-refractivity contribution in [2.75, 3.05) is 26.2 Å². The average molecular weight is 220 g/mol. The fourth-order valence-electron chi connectivity index (χ4n) is 0.699. The minimum atomic E-state index is -5.47. The molecule has 0 aromatic rings. The van der Waals surface area contributed by atoms with Crippen molar-refractivity contribution < 1.29 is 22.0 Å². The van der Waals surface area contributed by atoms with Crippen LogP contribution >= 0.6 is 0 Å². The highest BCUT2D eigenvalue weighted by atomic mass is 19.4. The molecule has 0 rings (SSSR count). The lowest BCUT2D eigenvalue weighted by atomic mass is 10.3. The average Bonchev–Trinajstić information content (AvgIpc) is 2.02. The van der Waals surface area contributed by atoms with E-state index in [0.717, 1.165) is 0 Å². The highest BCUT2D eigenvalue weighted by Gasteiger charge is 2.56. The zero-order valence-electron chi connectivity index (χ0n) is 7.72. The van der Waals surface area contributed by atoms with Crippen molar-refractivity contribution in [2.45, 2.75) is 19.0 Å². The Morgan fingerprint density at radius 3 is 1.86 bits per heavy atom. The molecule has 0 fully saturated rings. The molecule has 2 nitrogen and oxygen atoms in total. The maximum absolute atomic E-state index is 12.2. The van der Waals surface area contributed by atoms with Gasteiger partial charge in [-0.3, -0.25) is 0 Å². The van der Waals surface area contributed by atoms with Crippen LogP contribution < -0.4 is 10.6 Å². The van der Waals surface area contributed by atoms with Crippen LogP contribution in [0.2, 0.25) is 0 Å². The number of rotatable bonds is 6. The van der Waals surface area contributed by atoms with Crippen molar-refractivity contribution in [3.8, 4) is 0 Å². The smallest absolute Gasteiger partial charge is 0.316 e. The van der Waals surface area contributed by atoms with Crippen LogP contribution in [0.3, 0.4) is 0 Å². The molecule has 0 saturated heterocycles. The summed E-state index contributed by atoms with van der Waals surface area (Å²) in [6.45, 7) is 1.54. The van der Waals surface area contributed by atoms with Gasteiger partial charge in [0.25, 0.3) is 0 Å². The minimum absolute atomic E-state index is 0.0828. The van der Waals surface area contributed by atoms with E-state index in [4.69, 9.17) is 0 Å². The third-order valence-corrected chi connectivity index (χ3v) is 1.49. The van der Waals surface area contributed by atoms with Crippen molar-refractivity contribution in [1.82, 2.24) is 10.6 Å². The molecule has 0 saturated carbocycles. The molecule has 0 spiro atoms. The van der Waals surface area contributed by atoms with Crippen molar-refractivity contribution in [1.29, 1.82) is 0 Å². The number of hydrogen-bond donors (Lipinski definition) is 2. The largest absolute Gasteiger partial charge is 0.454 e. The second kappa shape index (κ2) is 5.45. The van der Waals surface area contributed by atoms with E-state index in [-0.39, 0.29) is 6.54 Å². The Hall–Kier alpha value is -0.430. The Morgan fingerprint density at radius 1 is 0.929 bits per heavy atom. The van der Waals surface area contributed by atoms with Gasteiger partial charge in [-0.2, -0.15) is 22.0 Å². The summed E-state index contributed by atoms with van der Waals surface area (Å²) in [5.41, 5.74) is 0. The van der Waals surface area contributed by atoms with Crippen molar-refractivity contribution in [2.24, 2.45) is 0 Å². The van der Waals surface area contributed by atoms with E-state index in [1.165, 1.54) is 0 Å². The molecule has 0 aromatic carbocycles. The molecule has 2 N–H and O–H groups in total. The van der Waals surface area contributed by atoms with Gasteiger partial charge in [0.1, 0.15) is 0 Å². The van der Waals surface area contributed by atoms with Gasteiger partial charge in [-0.05, 0) is 6.54 Å². The van der Waals surface area contributed by atoms with Gasteiger partial charge in [-0.15, -0.1) is 0 Å². The lowest BCUT2D eigenvalue weighted by molar-refractivity contribution is -0.279. The van der Waals surface area contributed by atoms with E-state index in [1.807, 2.05) is 12.2 Å². The molecule has 0 bridgehead atoms. The molecule has 0 aliphatic rings. The van der Waals surface area contributed by atoms with Crippen LogP contribution in [-0.2, 0) is 0 Å². The van der Waals surface area contributed by atoms with Gasteiger partial charge >= 0.3 is 12.1 Å². The van der Waals surface area contributed by atoms with E-state index < -0.39 is 18.6 Å². The van der Waals surface area contributed by atoms with Crippen LogP contribution in [0, 0.1) is 0 Å². The first kappa shape index (κ1) is 13.6. The zero-order chi connectivity index (χ0) is 11.2. The van der Waals surface area contributed by atoms with Crippen molar-refractivity contribution in [3.05, 3.63) is 0 Å². The van der Waals surface area contributed by atoms with E-state index in [1.54, 1.807) is 0 Å². The van der Waals surface area contributed by atoms with Gasteiger partial charge in [0.15, 0.2) is 0 Å². The Balaban J connectivity index is 3.67. The topological polar surface area (TPSA) is 24.1 Å². The highest BCUT2D eigenvalue weighted by Crippen LogP contribution is 2.34. The van der Waals surface area contributed by atoms with Crippen LogP contribution in [0.5, 0.6) is 0 Å². The molecule has 86 valence electrons. The number of alkyl halides is 5. The number of halogens is 5. The van der Waals surface area contributed by atoms with Crippen molar-refractivity contribution >= 4 is 0 Å². The quantitative estimate of drug-likeness (QED) is 0.522. The first-order valence-corrected chi connectivity index (χ1v) is 4.17. The van der Waals surface area contributed by atoms with E-state index in [9.17, 15) is 22.0 Å². The lowest BCUT2D eigenvalue weighted by Gasteiger charge is -2.19. The number of hydrogen-bond acceptors (Lipinski definition) is 2. The molecule has 0 heterocycles. The third-order valence-electron chi connectivity index (χ3n) is 1.49. The lowest BCUT2D eigenvalue weighted by Crippen LogP contribution is -2.46. The molecule has 0 aliphatic heterocycles. The maximum Gasteiger partial charge on any atom is 0.454 e. The summed E-state index contributed by atoms with van der Waals surface area (Å²) in [4.78, 5) is 0. The Labute approximate surface area is 78.9 Å². The van der Waals surface area contributed by atoms with Crippen molar-refractivity contribution in [3.63, 3.8) is 0 Å². The monoisotopic (exact) mass is 220 g/mol. The van der Waals surface area contributed by atoms with Gasteiger partial charge in [0.05, 0.1) is 6.54 Å². The second-order valence-corrected chi connectivity index (χ2v) is 2.73. The predicted molar refractivity (Wildman–Crippen MR) is 42.4 cm³/mol. The molecular weight excluding hydrogens is 207 g/mol. The van der Waals surface area contributed by atoms with Crippen LogP contribution in [0.1, 0.15) is 6.92 Å². The van der Waals surface area contributed by atoms with E-state index in [0.29, 0.717) is 13.1 Å². The number of likely N-dealkylation sites (N-methyl/N-ethyl adjacent to an activating group) is 1. The molecule has 7 heteroatoms. The van der Waals surface area contributed by atoms with Gasteiger partial charge in [-0.25, -0.2) is 0 Å². The third kappa shape index (κ3) is 4.71. The van der Waals surface area contributed by atoms with Crippen LogP contribution in [0.15, 0.2) is 0 Å². The SMILES string of the molecule is CCNCCNCC(F)(F)C(F)(F)F. The first-order valence-electron chi connectivity index (χ1n) is 4.17. The van der Waals surface area contributed by atoms with Gasteiger partial charge in [0.2, 0.25) is 0 Å². The summed E-state index contributed by atoms with van der Waals surface area (Å²) in [6.07, 6.45) is -5.47. The molecule has 0 unspecified atom stereocenters. The standard InChI is InChI=1S/C7H13F5N2/c1-2-13-3-4-14-5-6(8,9)7(10,11)12/h13-14H,2-5H2,1H3. The summed E-state index contributed by atoms with van der Waals surface area (Å²) < 4.78 is 59.3. The summed E-state index contributed by atoms with van der Waals surface area (Å²) in [5.74, 6) is -4.65. The fourth-order valence-corrected chi connectivity index (χ4v) is 0.699. The van der Waals surface area contributed by atoms with Crippen LogP contribution in [0.4, 0.5) is 22.0 Å². The van der Waals surface area contributed by atoms with Gasteiger partial charge in [-0.1, -0.05) is 6.92 Å². The van der Waals surface area contributed by atoms with Gasteiger partial charge < -0.3 is 10.6 Å². The molecule has 0 atom stereocenters. The summed E-state index contributed by atoms with van der Waals surface area (Å²) in [5, 5.41) is 4.82. The molecule has 14 heavy (non-hydrogen) atoms. The highest BCUT2D eigenvalue weighted by molar-refractivity contribution is 4.78. The molecule has 0 aromatic heterocycles. The first-order chi connectivity index (χ1) is 6.31. The summed E-state index contributed by atoms with van der Waals surface area (Å²) >= 11 is 0. The van der Waals surface area contributed by atoms with E-state index in [2.05, 4.69) is 5.32 Å². The normalized spacial score (nSPS) is 13.3. The second-order valence-electron chi connectivity index (χ2n) is 2.73. The summed E-state index contributed by atoms with van der Waals surface area (Å²) in [7, 11) is 0. The maximum atomic E-state index is 12.2. The Kier molecular flexibility index (Phi) is 5.28. The fraction of sp³-hybridized carbons (Fsp3) is 1.00. The zero-order valence-corrected chi connectivity index (χ0v) is 7.72. The molecule has 0 radical (unpaired) electrons. The van der Waals surface area contributed by atoms with Crippen LogP contribution in [-0.4, -0.2) is 38.3 Å². The van der Waals surface area contributed by atoms with Crippen LogP contribution in [0.25, 0.3) is 0 Å². The molecular formula is C7H13F5N2. The molecule has 0 amide bonds. The van der Waals surface area contributed by atoms with E-state index >= 15 is 0 Å². The van der Waals surface area contributed by atoms with Gasteiger partial charge in [0, 0.05) is 13.1 Å². The number of nitrogens with one attached hydrogen (secondary N) is 2. The predicted octanol–water partition coefficient (Wildman–Crippen LogP) is 1.38. The summed E-state index contributed by atoms with van der Waals surface area (Å²) in [6, 6.07) is 0. The molecule has 0 aliphatic carbocycles. The Morgan fingerprint density at radius 2 is 1.43 bits per heavy atom. The Bertz CT molecular complexity index is 157. The minimum Gasteiger partial charge on any atom is -0.316 e.